The lowest BCUT2D eigenvalue weighted by Crippen LogP contribution is -2.10. The van der Waals surface area contributed by atoms with Crippen LogP contribution >= 0.6 is 11.3 Å². The predicted molar refractivity (Wildman–Crippen MR) is 90.5 cm³/mol. The molecule has 0 spiro atoms. The SMILES string of the molecule is CC(C)(C)c1ccc(-c2nn3c(-c4ccco4)nnc3s2)cc1. The highest BCUT2D eigenvalue weighted by Gasteiger charge is 2.17. The van der Waals surface area contributed by atoms with E-state index in [4.69, 9.17) is 4.42 Å². The molecule has 0 atom stereocenters. The highest BCUT2D eigenvalue weighted by molar-refractivity contribution is 7.19. The van der Waals surface area contributed by atoms with Crippen molar-refractivity contribution in [3.05, 3.63) is 48.2 Å². The van der Waals surface area contributed by atoms with E-state index in [1.54, 1.807) is 10.8 Å². The zero-order valence-corrected chi connectivity index (χ0v) is 14.0. The van der Waals surface area contributed by atoms with Crippen LogP contribution in [0.25, 0.3) is 27.1 Å². The van der Waals surface area contributed by atoms with Crippen LogP contribution in [0.2, 0.25) is 0 Å². The predicted octanol–water partition coefficient (Wildman–Crippen LogP) is 4.41. The maximum atomic E-state index is 5.40. The van der Waals surface area contributed by atoms with Crippen molar-refractivity contribution < 1.29 is 4.42 Å². The second-order valence-corrected chi connectivity index (χ2v) is 7.39. The van der Waals surface area contributed by atoms with Gasteiger partial charge in [-0.3, -0.25) is 0 Å². The van der Waals surface area contributed by atoms with Crippen molar-refractivity contribution >= 4 is 16.3 Å². The average molecular weight is 324 g/mol. The van der Waals surface area contributed by atoms with Gasteiger partial charge in [-0.15, -0.1) is 10.2 Å². The number of nitrogens with zero attached hydrogens (tertiary/aromatic N) is 4. The molecule has 116 valence electrons. The molecule has 0 unspecified atom stereocenters. The smallest absolute Gasteiger partial charge is 0.235 e. The van der Waals surface area contributed by atoms with Crippen molar-refractivity contribution in [1.29, 1.82) is 0 Å². The summed E-state index contributed by atoms with van der Waals surface area (Å²) in [6, 6.07) is 12.2. The zero-order valence-electron chi connectivity index (χ0n) is 13.1. The van der Waals surface area contributed by atoms with Gasteiger partial charge in [-0.05, 0) is 23.1 Å². The molecule has 1 aromatic carbocycles. The van der Waals surface area contributed by atoms with Crippen molar-refractivity contribution in [2.45, 2.75) is 26.2 Å². The van der Waals surface area contributed by atoms with Crippen LogP contribution in [0.5, 0.6) is 0 Å². The van der Waals surface area contributed by atoms with Gasteiger partial charge in [-0.1, -0.05) is 56.4 Å². The molecular weight excluding hydrogens is 308 g/mol. The summed E-state index contributed by atoms with van der Waals surface area (Å²) in [5.74, 6) is 1.29. The second kappa shape index (κ2) is 5.03. The largest absolute Gasteiger partial charge is 0.461 e. The lowest BCUT2D eigenvalue weighted by Gasteiger charge is -2.18. The summed E-state index contributed by atoms with van der Waals surface area (Å²) >= 11 is 1.52. The molecule has 0 saturated heterocycles. The van der Waals surface area contributed by atoms with Crippen LogP contribution < -0.4 is 0 Å². The summed E-state index contributed by atoms with van der Waals surface area (Å²) in [6.45, 7) is 6.63. The first kappa shape index (κ1) is 14.1. The van der Waals surface area contributed by atoms with Crippen molar-refractivity contribution in [3.8, 4) is 22.2 Å². The Kier molecular flexibility index (Phi) is 3.09. The first-order valence-corrected chi connectivity index (χ1v) is 8.21. The molecule has 4 rings (SSSR count). The number of rotatable bonds is 2. The van der Waals surface area contributed by atoms with Crippen LogP contribution in [0, 0.1) is 0 Å². The molecule has 3 aromatic heterocycles. The first-order valence-electron chi connectivity index (χ1n) is 7.39. The molecule has 0 saturated carbocycles. The molecule has 0 radical (unpaired) electrons. The number of furan rings is 1. The number of hydrogen-bond acceptors (Lipinski definition) is 5. The van der Waals surface area contributed by atoms with Gasteiger partial charge in [0.1, 0.15) is 5.01 Å². The van der Waals surface area contributed by atoms with Crippen LogP contribution in [0.3, 0.4) is 0 Å². The van der Waals surface area contributed by atoms with Crippen molar-refractivity contribution in [3.63, 3.8) is 0 Å². The van der Waals surface area contributed by atoms with Gasteiger partial charge in [0.05, 0.1) is 6.26 Å². The van der Waals surface area contributed by atoms with Crippen molar-refractivity contribution in [2.75, 3.05) is 0 Å². The maximum Gasteiger partial charge on any atom is 0.235 e. The maximum absolute atomic E-state index is 5.40. The summed E-state index contributed by atoms with van der Waals surface area (Å²) in [4.78, 5) is 0.756. The summed E-state index contributed by atoms with van der Waals surface area (Å²) in [5.41, 5.74) is 2.53. The number of benzene rings is 1. The third-order valence-electron chi connectivity index (χ3n) is 3.73. The van der Waals surface area contributed by atoms with E-state index < -0.39 is 0 Å². The van der Waals surface area contributed by atoms with E-state index in [0.717, 1.165) is 15.5 Å². The van der Waals surface area contributed by atoms with E-state index in [1.807, 2.05) is 12.1 Å². The summed E-state index contributed by atoms with van der Waals surface area (Å²) in [5, 5.41) is 13.9. The Morgan fingerprint density at radius 2 is 1.83 bits per heavy atom. The monoisotopic (exact) mass is 324 g/mol. The van der Waals surface area contributed by atoms with Crippen LogP contribution in [0.15, 0.2) is 47.1 Å². The highest BCUT2D eigenvalue weighted by Crippen LogP contribution is 2.30. The molecule has 0 aliphatic heterocycles. The Morgan fingerprint density at radius 1 is 1.04 bits per heavy atom. The summed E-state index contributed by atoms with van der Waals surface area (Å²) in [6.07, 6.45) is 1.62. The fourth-order valence-electron chi connectivity index (χ4n) is 2.41. The molecule has 5 nitrogen and oxygen atoms in total. The Balaban J connectivity index is 1.75. The van der Waals surface area contributed by atoms with Crippen LogP contribution in [-0.2, 0) is 5.41 Å². The Bertz CT molecular complexity index is 943. The first-order chi connectivity index (χ1) is 11.0. The lowest BCUT2D eigenvalue weighted by molar-refractivity contribution is 0.575. The van der Waals surface area contributed by atoms with Gasteiger partial charge >= 0.3 is 0 Å². The van der Waals surface area contributed by atoms with E-state index in [-0.39, 0.29) is 5.41 Å². The molecule has 0 fully saturated rings. The number of hydrogen-bond donors (Lipinski definition) is 0. The Hall–Kier alpha value is -2.47. The van der Waals surface area contributed by atoms with E-state index in [9.17, 15) is 0 Å². The van der Waals surface area contributed by atoms with Gasteiger partial charge < -0.3 is 4.42 Å². The minimum absolute atomic E-state index is 0.145. The van der Waals surface area contributed by atoms with Gasteiger partial charge in [0.25, 0.3) is 0 Å². The standard InChI is InChI=1S/C17H16N4OS/c1-17(2,3)12-8-6-11(7-9-12)15-20-21-14(13-5-4-10-22-13)18-19-16(21)23-15/h4-10H,1-3H3. The molecule has 0 bridgehead atoms. The highest BCUT2D eigenvalue weighted by atomic mass is 32.1. The van der Waals surface area contributed by atoms with Gasteiger partial charge in [-0.2, -0.15) is 9.61 Å². The molecule has 3 heterocycles. The van der Waals surface area contributed by atoms with Crippen LogP contribution in [0.1, 0.15) is 26.3 Å². The van der Waals surface area contributed by atoms with Gasteiger partial charge in [0.2, 0.25) is 10.8 Å². The van der Waals surface area contributed by atoms with Gasteiger partial charge in [0, 0.05) is 5.56 Å². The van der Waals surface area contributed by atoms with Crippen LogP contribution in [-0.4, -0.2) is 19.8 Å². The average Bonchev–Trinajstić information content (AvgIpc) is 3.22. The fraction of sp³-hybridized carbons (Fsp3) is 0.235. The fourth-order valence-corrected chi connectivity index (χ4v) is 3.25. The lowest BCUT2D eigenvalue weighted by atomic mass is 9.87. The number of aromatic nitrogens is 4. The third kappa shape index (κ3) is 2.45. The minimum atomic E-state index is 0.145. The molecule has 23 heavy (non-hydrogen) atoms. The summed E-state index contributed by atoms with van der Waals surface area (Å²) in [7, 11) is 0. The Morgan fingerprint density at radius 3 is 2.48 bits per heavy atom. The van der Waals surface area contributed by atoms with Crippen molar-refractivity contribution in [1.82, 2.24) is 19.8 Å². The van der Waals surface area contributed by atoms with Crippen LogP contribution in [0.4, 0.5) is 0 Å². The Labute approximate surface area is 137 Å². The van der Waals surface area contributed by atoms with E-state index in [1.165, 1.54) is 16.9 Å². The van der Waals surface area contributed by atoms with E-state index in [0.29, 0.717) is 11.6 Å². The summed E-state index contributed by atoms with van der Waals surface area (Å²) < 4.78 is 7.13. The second-order valence-electron chi connectivity index (χ2n) is 6.43. The quantitative estimate of drug-likeness (QED) is 0.548. The van der Waals surface area contributed by atoms with Gasteiger partial charge in [-0.25, -0.2) is 0 Å². The van der Waals surface area contributed by atoms with Gasteiger partial charge in [0.15, 0.2) is 5.76 Å². The molecule has 0 aliphatic carbocycles. The molecule has 0 aliphatic rings. The van der Waals surface area contributed by atoms with E-state index in [2.05, 4.69) is 60.3 Å². The molecule has 0 N–H and O–H groups in total. The zero-order chi connectivity index (χ0) is 16.0. The third-order valence-corrected chi connectivity index (χ3v) is 4.68. The minimum Gasteiger partial charge on any atom is -0.461 e. The van der Waals surface area contributed by atoms with Crippen molar-refractivity contribution in [2.24, 2.45) is 0 Å². The molecule has 0 amide bonds. The number of fused-ring (bicyclic) bond motifs is 1. The topological polar surface area (TPSA) is 56.2 Å². The molecule has 4 aromatic rings. The normalized spacial score (nSPS) is 12.1. The van der Waals surface area contributed by atoms with E-state index >= 15 is 0 Å². The molecular formula is C17H16N4OS. The molecule has 6 heteroatoms.